The molecule has 1 aromatic rings. The number of nitrogens with two attached hydrogens (primary N) is 2. The lowest BCUT2D eigenvalue weighted by atomic mass is 9.84. The lowest BCUT2D eigenvalue weighted by Gasteiger charge is -2.45. The summed E-state index contributed by atoms with van der Waals surface area (Å²) in [7, 11) is -5.00. The maximum atomic E-state index is 13.2. The average Bonchev–Trinajstić information content (AvgIpc) is 3.36. The van der Waals surface area contributed by atoms with Crippen molar-refractivity contribution in [3.63, 3.8) is 0 Å². The summed E-state index contributed by atoms with van der Waals surface area (Å²) in [6, 6.07) is -1.26. The molecule has 3 heterocycles. The third-order valence-corrected chi connectivity index (χ3v) is 7.77. The molecule has 0 bridgehead atoms. The Morgan fingerprint density at radius 1 is 1.32 bits per heavy atom. The number of amidine groups is 1. The van der Waals surface area contributed by atoms with Crippen molar-refractivity contribution >= 4 is 61.9 Å². The van der Waals surface area contributed by atoms with Gasteiger partial charge in [-0.2, -0.15) is 8.42 Å². The molecule has 16 nitrogen and oxygen atoms in total. The Bertz CT molecular complexity index is 1310. The van der Waals surface area contributed by atoms with Crippen LogP contribution in [0.5, 0.6) is 0 Å². The van der Waals surface area contributed by atoms with Crippen LogP contribution in [0.15, 0.2) is 10.5 Å². The topological polar surface area (TPSA) is 260 Å². The summed E-state index contributed by atoms with van der Waals surface area (Å²) in [6.07, 6.45) is -0.235. The standard InChI is InChI=1S/C20H27N7O9S2/c1-20(2,18(31)32)36-25-15(11-8-37-19(23)24-11)13(28)6-10-12(27(17(10)30)38(33,34)35)7-26-4-3-9(16(26)29)5-14(21)22/h8-10,12H,3-7H2,1-2H3,(H3,21,22)(H2,23,24)(H,31,32)(H,33,34,35)/b25-15-/t9-,10+,12-/m1/s1. The van der Waals surface area contributed by atoms with E-state index in [0.717, 1.165) is 11.3 Å². The summed E-state index contributed by atoms with van der Waals surface area (Å²) < 4.78 is 33.5. The average molecular weight is 574 g/mol. The zero-order valence-corrected chi connectivity index (χ0v) is 22.0. The molecular formula is C20H27N7O9S2. The zero-order chi connectivity index (χ0) is 28.6. The highest BCUT2D eigenvalue weighted by molar-refractivity contribution is 7.84. The van der Waals surface area contributed by atoms with Gasteiger partial charge >= 0.3 is 16.3 Å². The maximum Gasteiger partial charge on any atom is 0.362 e. The van der Waals surface area contributed by atoms with Gasteiger partial charge in [0.15, 0.2) is 16.6 Å². The highest BCUT2D eigenvalue weighted by Gasteiger charge is 2.55. The second-order valence-electron chi connectivity index (χ2n) is 9.33. The van der Waals surface area contributed by atoms with Gasteiger partial charge in [-0.3, -0.25) is 24.3 Å². The maximum absolute atomic E-state index is 13.2. The molecule has 208 valence electrons. The molecule has 2 saturated heterocycles. The third-order valence-electron chi connectivity index (χ3n) is 6.14. The number of carbonyl (C=O) groups excluding carboxylic acids is 3. The summed E-state index contributed by atoms with van der Waals surface area (Å²) in [5, 5.41) is 21.8. The van der Waals surface area contributed by atoms with E-state index in [-0.39, 0.29) is 40.5 Å². The molecule has 0 spiro atoms. The number of carboxylic acids is 1. The number of hydrogen-bond acceptors (Lipinski definition) is 12. The Morgan fingerprint density at radius 2 is 1.97 bits per heavy atom. The lowest BCUT2D eigenvalue weighted by Crippen LogP contribution is -2.66. The van der Waals surface area contributed by atoms with Crippen molar-refractivity contribution in [3.05, 3.63) is 11.1 Å². The number of amides is 2. The SMILES string of the molecule is CC(C)(O/N=C(\C(=O)C[C@@H]1C(=O)N(S(=O)(=O)O)[C@@H]1CN1CC[C@H](CC(=N)N)C1=O)c1csc(N)n1)C(=O)O. The molecule has 0 aliphatic carbocycles. The number of carbonyl (C=O) groups is 4. The van der Waals surface area contributed by atoms with Gasteiger partial charge in [0, 0.05) is 37.2 Å². The summed E-state index contributed by atoms with van der Waals surface area (Å²) in [5.41, 5.74) is 8.70. The highest BCUT2D eigenvalue weighted by atomic mass is 32.2. The number of aromatic nitrogens is 1. The van der Waals surface area contributed by atoms with Gasteiger partial charge in [0.1, 0.15) is 5.69 Å². The van der Waals surface area contributed by atoms with E-state index in [1.807, 2.05) is 0 Å². The fourth-order valence-electron chi connectivity index (χ4n) is 4.08. The van der Waals surface area contributed by atoms with E-state index in [0.29, 0.717) is 6.42 Å². The van der Waals surface area contributed by atoms with Crippen molar-refractivity contribution in [2.24, 2.45) is 22.7 Å². The number of oxime groups is 1. The van der Waals surface area contributed by atoms with Gasteiger partial charge in [-0.05, 0) is 20.3 Å². The highest BCUT2D eigenvalue weighted by Crippen LogP contribution is 2.35. The number of likely N-dealkylation sites (tertiary alicyclic amines) is 1. The van der Waals surface area contributed by atoms with Crippen molar-refractivity contribution in [2.75, 3.05) is 18.8 Å². The van der Waals surface area contributed by atoms with Crippen molar-refractivity contribution in [2.45, 2.75) is 44.8 Å². The minimum absolute atomic E-state index is 0.0200. The minimum Gasteiger partial charge on any atom is -0.478 e. The van der Waals surface area contributed by atoms with Crippen LogP contribution >= 0.6 is 11.3 Å². The number of nitrogen functional groups attached to an aromatic ring is 1. The second kappa shape index (κ2) is 10.6. The molecule has 18 heteroatoms. The number of aliphatic carboxylic acids is 1. The van der Waals surface area contributed by atoms with Gasteiger partial charge in [-0.15, -0.1) is 11.3 Å². The van der Waals surface area contributed by atoms with Crippen LogP contribution in [0.3, 0.4) is 0 Å². The molecule has 2 fully saturated rings. The zero-order valence-electron chi connectivity index (χ0n) is 20.4. The van der Waals surface area contributed by atoms with E-state index in [4.69, 9.17) is 21.7 Å². The van der Waals surface area contributed by atoms with E-state index in [2.05, 4.69) is 10.1 Å². The Hall–Kier alpha value is -3.64. The Kier molecular flexibility index (Phi) is 8.08. The molecular weight excluding hydrogens is 546 g/mol. The second-order valence-corrected chi connectivity index (χ2v) is 11.5. The minimum atomic E-state index is -5.00. The van der Waals surface area contributed by atoms with Gasteiger partial charge in [0.2, 0.25) is 17.4 Å². The van der Waals surface area contributed by atoms with Crippen molar-refractivity contribution < 1.29 is 42.1 Å². The molecule has 2 amide bonds. The number of nitrogens with zero attached hydrogens (tertiary/aromatic N) is 4. The number of anilines is 1. The molecule has 3 atom stereocenters. The number of β-lactam (4-membered cyclic amide) rings is 1. The summed E-state index contributed by atoms with van der Waals surface area (Å²) in [4.78, 5) is 60.3. The van der Waals surface area contributed by atoms with Crippen LogP contribution in [-0.4, -0.2) is 92.1 Å². The predicted octanol–water partition coefficient (Wildman–Crippen LogP) is -0.927. The van der Waals surface area contributed by atoms with Crippen molar-refractivity contribution in [1.29, 1.82) is 5.41 Å². The fraction of sp³-hybridized carbons (Fsp3) is 0.550. The molecule has 38 heavy (non-hydrogen) atoms. The van der Waals surface area contributed by atoms with Crippen LogP contribution in [0.25, 0.3) is 0 Å². The van der Waals surface area contributed by atoms with E-state index in [9.17, 15) is 37.3 Å². The van der Waals surface area contributed by atoms with Crippen LogP contribution in [0.4, 0.5) is 5.13 Å². The number of ketones is 1. The van der Waals surface area contributed by atoms with Crippen LogP contribution in [0.2, 0.25) is 0 Å². The van der Waals surface area contributed by atoms with E-state index >= 15 is 0 Å². The first-order chi connectivity index (χ1) is 17.5. The largest absolute Gasteiger partial charge is 0.478 e. The van der Waals surface area contributed by atoms with Crippen LogP contribution < -0.4 is 11.5 Å². The van der Waals surface area contributed by atoms with Gasteiger partial charge in [-0.25, -0.2) is 14.1 Å². The van der Waals surface area contributed by atoms with E-state index in [1.54, 1.807) is 0 Å². The first-order valence-corrected chi connectivity index (χ1v) is 13.5. The monoisotopic (exact) mass is 573 g/mol. The van der Waals surface area contributed by atoms with Gasteiger partial charge < -0.3 is 26.3 Å². The third kappa shape index (κ3) is 6.08. The van der Waals surface area contributed by atoms with Gasteiger partial charge in [0.25, 0.3) is 0 Å². The number of thiazole rings is 1. The van der Waals surface area contributed by atoms with Crippen LogP contribution in [0.1, 0.15) is 38.8 Å². The molecule has 0 radical (unpaired) electrons. The Labute approximate surface area is 221 Å². The normalized spacial score (nSPS) is 22.4. The number of nitrogens with one attached hydrogen (secondary N) is 1. The molecule has 2 aliphatic rings. The first kappa shape index (κ1) is 28.9. The summed E-state index contributed by atoms with van der Waals surface area (Å²) in [5.74, 6) is -5.70. The number of rotatable bonds is 12. The molecule has 7 N–H and O–H groups in total. The smallest absolute Gasteiger partial charge is 0.362 e. The van der Waals surface area contributed by atoms with Crippen LogP contribution in [-0.2, 0) is 34.3 Å². The van der Waals surface area contributed by atoms with E-state index in [1.165, 1.54) is 24.1 Å². The van der Waals surface area contributed by atoms with E-state index < -0.39 is 69.5 Å². The lowest BCUT2D eigenvalue weighted by molar-refractivity contribution is -0.161. The quantitative estimate of drug-likeness (QED) is 0.0668. The Morgan fingerprint density at radius 3 is 2.50 bits per heavy atom. The van der Waals surface area contributed by atoms with Gasteiger partial charge in [0.05, 0.1) is 17.8 Å². The number of carboxylic acid groups (broad SMARTS) is 1. The number of Topliss-reactive ketones (excluding diaryl/α,β-unsaturated/α-hetero) is 1. The van der Waals surface area contributed by atoms with Crippen molar-refractivity contribution in [1.82, 2.24) is 14.2 Å². The summed E-state index contributed by atoms with van der Waals surface area (Å²) in [6.45, 7) is 2.29. The predicted molar refractivity (Wildman–Crippen MR) is 132 cm³/mol. The molecule has 0 unspecified atom stereocenters. The fourth-order valence-corrected chi connectivity index (χ4v) is 5.55. The molecule has 2 aliphatic heterocycles. The molecule has 0 aromatic carbocycles. The molecule has 0 saturated carbocycles. The number of hydrogen-bond donors (Lipinski definition) is 5. The van der Waals surface area contributed by atoms with Crippen LogP contribution in [0, 0.1) is 17.2 Å². The molecule has 3 rings (SSSR count). The first-order valence-electron chi connectivity index (χ1n) is 11.2. The molecule has 1 aromatic heterocycles. The van der Waals surface area contributed by atoms with Crippen molar-refractivity contribution in [3.8, 4) is 0 Å². The van der Waals surface area contributed by atoms with Gasteiger partial charge in [-0.1, -0.05) is 5.16 Å². The Balaban J connectivity index is 1.85. The summed E-state index contributed by atoms with van der Waals surface area (Å²) >= 11 is 0.965.